The minimum Gasteiger partial charge on any atom is -0.497 e. The van der Waals surface area contributed by atoms with Gasteiger partial charge in [-0.3, -0.25) is 9.59 Å². The Morgan fingerprint density at radius 2 is 1.86 bits per heavy atom. The van der Waals surface area contributed by atoms with Gasteiger partial charge in [0.2, 0.25) is 21.8 Å². The van der Waals surface area contributed by atoms with E-state index in [9.17, 15) is 18.0 Å². The van der Waals surface area contributed by atoms with Crippen molar-refractivity contribution in [2.75, 3.05) is 34.3 Å². The summed E-state index contributed by atoms with van der Waals surface area (Å²) in [4.78, 5) is 29.0. The van der Waals surface area contributed by atoms with Crippen molar-refractivity contribution in [3.05, 3.63) is 71.8 Å². The van der Waals surface area contributed by atoms with Gasteiger partial charge < -0.3 is 14.5 Å². The lowest BCUT2D eigenvalue weighted by Crippen LogP contribution is -2.49. The molecule has 1 saturated heterocycles. The van der Waals surface area contributed by atoms with Gasteiger partial charge in [-0.05, 0) is 59.2 Å². The van der Waals surface area contributed by atoms with E-state index in [1.54, 1.807) is 55.4 Å². The highest BCUT2D eigenvalue weighted by Crippen LogP contribution is 2.29. The molecule has 4 rings (SSSR count). The van der Waals surface area contributed by atoms with Crippen LogP contribution in [0.25, 0.3) is 10.8 Å². The van der Waals surface area contributed by atoms with Crippen molar-refractivity contribution < 1.29 is 22.7 Å². The number of carbonyl (C=O) groups excluding carboxylic acids is 2. The predicted molar refractivity (Wildman–Crippen MR) is 138 cm³/mol. The predicted octanol–water partition coefficient (Wildman–Crippen LogP) is 2.60. The number of hydrogen-bond acceptors (Lipinski definition) is 6. The van der Waals surface area contributed by atoms with Crippen LogP contribution in [0.3, 0.4) is 0 Å². The van der Waals surface area contributed by atoms with E-state index in [1.807, 2.05) is 12.1 Å². The van der Waals surface area contributed by atoms with Crippen LogP contribution in [0, 0.1) is 11.3 Å². The fourth-order valence-electron chi connectivity index (χ4n) is 4.37. The third-order valence-corrected chi connectivity index (χ3v) is 8.31. The van der Waals surface area contributed by atoms with E-state index in [0.29, 0.717) is 23.2 Å². The van der Waals surface area contributed by atoms with E-state index in [0.717, 1.165) is 15.3 Å². The van der Waals surface area contributed by atoms with Crippen molar-refractivity contribution >= 4 is 32.6 Å². The average Bonchev–Trinajstić information content (AvgIpc) is 3.25. The number of likely N-dealkylation sites (N-methyl/N-ethyl adjacent to an activating group) is 1. The molecule has 1 fully saturated rings. The Morgan fingerprint density at radius 1 is 1.11 bits per heavy atom. The summed E-state index contributed by atoms with van der Waals surface area (Å²) in [7, 11) is 0.407. The molecule has 192 valence electrons. The summed E-state index contributed by atoms with van der Waals surface area (Å²) < 4.78 is 34.1. The second kappa shape index (κ2) is 10.6. The summed E-state index contributed by atoms with van der Waals surface area (Å²) in [6, 6.07) is 18.1. The molecule has 1 aliphatic heterocycles. The van der Waals surface area contributed by atoms with Gasteiger partial charge in [-0.15, -0.1) is 0 Å². The van der Waals surface area contributed by atoms with Crippen molar-refractivity contribution in [3.63, 3.8) is 0 Å². The quantitative estimate of drug-likeness (QED) is 0.452. The van der Waals surface area contributed by atoms with Crippen LogP contribution in [0.4, 0.5) is 0 Å². The van der Waals surface area contributed by atoms with E-state index >= 15 is 0 Å². The summed E-state index contributed by atoms with van der Waals surface area (Å²) in [6.07, 6.45) is 0.248. The zero-order valence-electron chi connectivity index (χ0n) is 20.9. The fraction of sp³-hybridized carbons (Fsp3) is 0.296. The molecule has 1 atom stereocenters. The van der Waals surface area contributed by atoms with Gasteiger partial charge in [-0.2, -0.15) is 9.57 Å². The van der Waals surface area contributed by atoms with Crippen LogP contribution in [0.2, 0.25) is 0 Å². The van der Waals surface area contributed by atoms with E-state index in [4.69, 9.17) is 10.00 Å². The molecule has 9 nitrogen and oxygen atoms in total. The molecule has 0 bridgehead atoms. The molecule has 1 heterocycles. The average molecular weight is 521 g/mol. The summed E-state index contributed by atoms with van der Waals surface area (Å²) in [6.45, 7) is 0.118. The molecule has 3 aromatic carbocycles. The number of nitriles is 1. The first-order chi connectivity index (χ1) is 17.6. The molecule has 37 heavy (non-hydrogen) atoms. The summed E-state index contributed by atoms with van der Waals surface area (Å²) >= 11 is 0. The van der Waals surface area contributed by atoms with Gasteiger partial charge in [-0.1, -0.05) is 24.3 Å². The standard InChI is InChI=1S/C27H28N4O5S/c1-29(2)26(32)18-31(25-11-12-30(27(25)33)17-20-6-4-5-19(13-20)16-28)37(34,35)24-10-8-21-7-9-23(36-3)14-22(21)15-24/h4-10,13-15,25H,11-12,17-18H2,1-3H3/t25-/m0/s1. The zero-order chi connectivity index (χ0) is 26.7. The highest BCUT2D eigenvalue weighted by Gasteiger charge is 2.43. The summed E-state index contributed by atoms with van der Waals surface area (Å²) in [5.41, 5.74) is 1.25. The van der Waals surface area contributed by atoms with Gasteiger partial charge in [-0.25, -0.2) is 8.42 Å². The van der Waals surface area contributed by atoms with Crippen LogP contribution in [0.1, 0.15) is 17.5 Å². The van der Waals surface area contributed by atoms with Gasteiger partial charge in [0.25, 0.3) is 0 Å². The topological polar surface area (TPSA) is 111 Å². The maximum Gasteiger partial charge on any atom is 0.244 e. The first-order valence-corrected chi connectivity index (χ1v) is 13.2. The smallest absolute Gasteiger partial charge is 0.244 e. The lowest BCUT2D eigenvalue weighted by molar-refractivity contribution is -0.133. The van der Waals surface area contributed by atoms with Crippen LogP contribution in [0.15, 0.2) is 65.6 Å². The lowest BCUT2D eigenvalue weighted by Gasteiger charge is -2.28. The molecule has 0 N–H and O–H groups in total. The Balaban J connectivity index is 1.67. The van der Waals surface area contributed by atoms with E-state index in [2.05, 4.69) is 6.07 Å². The van der Waals surface area contributed by atoms with Crippen LogP contribution in [0.5, 0.6) is 5.75 Å². The fourth-order valence-corrected chi connectivity index (χ4v) is 5.97. The number of benzene rings is 3. The van der Waals surface area contributed by atoms with Crippen LogP contribution in [-0.4, -0.2) is 74.7 Å². The van der Waals surface area contributed by atoms with Gasteiger partial charge in [0.15, 0.2) is 0 Å². The molecule has 0 aromatic heterocycles. The number of likely N-dealkylation sites (tertiary alicyclic amines) is 1. The Morgan fingerprint density at radius 3 is 2.57 bits per heavy atom. The number of sulfonamides is 1. The number of carbonyl (C=O) groups is 2. The number of ether oxygens (including phenoxy) is 1. The Bertz CT molecular complexity index is 1500. The highest BCUT2D eigenvalue weighted by atomic mass is 32.2. The molecule has 0 unspecified atom stereocenters. The van der Waals surface area contributed by atoms with Gasteiger partial charge >= 0.3 is 0 Å². The minimum atomic E-state index is -4.21. The van der Waals surface area contributed by atoms with Crippen molar-refractivity contribution in [2.45, 2.75) is 23.9 Å². The lowest BCUT2D eigenvalue weighted by atomic mass is 10.1. The summed E-state index contributed by atoms with van der Waals surface area (Å²) in [5, 5.41) is 10.7. The zero-order valence-corrected chi connectivity index (χ0v) is 21.7. The van der Waals surface area contributed by atoms with E-state index in [1.165, 1.54) is 24.1 Å². The number of fused-ring (bicyclic) bond motifs is 1. The van der Waals surface area contributed by atoms with Crippen molar-refractivity contribution in [1.82, 2.24) is 14.1 Å². The number of methoxy groups -OCH3 is 1. The summed E-state index contributed by atoms with van der Waals surface area (Å²) in [5.74, 6) is -0.220. The van der Waals surface area contributed by atoms with Gasteiger partial charge in [0.05, 0.1) is 30.2 Å². The third-order valence-electron chi connectivity index (χ3n) is 6.46. The SMILES string of the molecule is COc1ccc2ccc(S(=O)(=O)N(CC(=O)N(C)C)[C@H]3CCN(Cc4cccc(C#N)c4)C3=O)cc2c1. The maximum absolute atomic E-state index is 13.9. The molecule has 0 aliphatic carbocycles. The second-order valence-electron chi connectivity index (χ2n) is 9.09. The van der Waals surface area contributed by atoms with Crippen molar-refractivity contribution in [1.29, 1.82) is 5.26 Å². The van der Waals surface area contributed by atoms with Crippen LogP contribution in [-0.2, 0) is 26.2 Å². The third kappa shape index (κ3) is 5.43. The van der Waals surface area contributed by atoms with Crippen LogP contribution >= 0.6 is 0 Å². The van der Waals surface area contributed by atoms with Gasteiger partial charge in [0.1, 0.15) is 11.8 Å². The Labute approximate surface area is 216 Å². The molecular formula is C27H28N4O5S. The molecule has 0 radical (unpaired) electrons. The minimum absolute atomic E-state index is 0.00668. The largest absolute Gasteiger partial charge is 0.497 e. The first kappa shape index (κ1) is 26.1. The Kier molecular flexibility index (Phi) is 7.47. The molecular weight excluding hydrogens is 492 g/mol. The van der Waals surface area contributed by atoms with Crippen molar-refractivity contribution in [2.24, 2.45) is 0 Å². The van der Waals surface area contributed by atoms with Crippen LogP contribution < -0.4 is 4.74 Å². The molecule has 0 saturated carbocycles. The highest BCUT2D eigenvalue weighted by molar-refractivity contribution is 7.89. The Hall–Kier alpha value is -3.94. The molecule has 10 heteroatoms. The molecule has 3 aromatic rings. The number of nitrogens with zero attached hydrogens (tertiary/aromatic N) is 4. The van der Waals surface area contributed by atoms with Crippen molar-refractivity contribution in [3.8, 4) is 11.8 Å². The van der Waals surface area contributed by atoms with E-state index in [-0.39, 0.29) is 23.8 Å². The number of rotatable bonds is 8. The maximum atomic E-state index is 13.9. The van der Waals surface area contributed by atoms with E-state index < -0.39 is 28.5 Å². The van der Waals surface area contributed by atoms with Gasteiger partial charge in [0, 0.05) is 27.2 Å². The normalized spacial score (nSPS) is 15.7. The molecule has 2 amide bonds. The monoisotopic (exact) mass is 520 g/mol. The molecule has 0 spiro atoms. The second-order valence-corrected chi connectivity index (χ2v) is 11.0. The number of amides is 2. The molecule has 1 aliphatic rings. The first-order valence-electron chi connectivity index (χ1n) is 11.7. The number of hydrogen-bond donors (Lipinski definition) is 0.